The first-order chi connectivity index (χ1) is 9.86. The summed E-state index contributed by atoms with van der Waals surface area (Å²) in [5.74, 6) is -1.79. The lowest BCUT2D eigenvalue weighted by atomic mass is 10.0. The summed E-state index contributed by atoms with van der Waals surface area (Å²) in [7, 11) is 0. The molecule has 3 nitrogen and oxygen atoms in total. The molecule has 21 heavy (non-hydrogen) atoms. The highest BCUT2D eigenvalue weighted by atomic mass is 19.4. The van der Waals surface area contributed by atoms with E-state index in [1.165, 1.54) is 5.56 Å². The Kier molecular flexibility index (Phi) is 4.88. The molecule has 0 spiro atoms. The second kappa shape index (κ2) is 6.47. The lowest BCUT2D eigenvalue weighted by Crippen LogP contribution is -2.45. The Labute approximate surface area is 122 Å². The summed E-state index contributed by atoms with van der Waals surface area (Å²) in [6, 6.07) is 9.47. The van der Waals surface area contributed by atoms with Crippen molar-refractivity contribution < 1.29 is 18.0 Å². The van der Waals surface area contributed by atoms with Crippen LogP contribution < -0.4 is 5.32 Å². The van der Waals surface area contributed by atoms with E-state index in [4.69, 9.17) is 0 Å². The number of carbonyl (C=O) groups excluding carboxylic acids is 1. The molecule has 1 amide bonds. The molecule has 1 aliphatic rings. The predicted molar refractivity (Wildman–Crippen MR) is 73.5 cm³/mol. The number of nitrogens with one attached hydrogen (secondary N) is 1. The average molecular weight is 300 g/mol. The third-order valence-corrected chi connectivity index (χ3v) is 3.88. The van der Waals surface area contributed by atoms with Gasteiger partial charge in [0.15, 0.2) is 0 Å². The Morgan fingerprint density at radius 1 is 1.38 bits per heavy atom. The molecule has 0 radical (unpaired) electrons. The molecule has 2 rings (SSSR count). The van der Waals surface area contributed by atoms with Crippen LogP contribution in [0.4, 0.5) is 13.2 Å². The van der Waals surface area contributed by atoms with Gasteiger partial charge in [-0.1, -0.05) is 30.3 Å². The van der Waals surface area contributed by atoms with Gasteiger partial charge in [0.05, 0.1) is 0 Å². The number of rotatable bonds is 4. The van der Waals surface area contributed by atoms with E-state index in [1.807, 2.05) is 30.3 Å². The van der Waals surface area contributed by atoms with Gasteiger partial charge in [0.25, 0.3) is 0 Å². The van der Waals surface area contributed by atoms with E-state index in [0.717, 1.165) is 19.5 Å². The maximum absolute atomic E-state index is 12.2. The maximum atomic E-state index is 12.2. The molecule has 2 unspecified atom stereocenters. The zero-order valence-corrected chi connectivity index (χ0v) is 11.9. The number of halogens is 3. The SMILES string of the molecule is CC(NC(=O)C(F)(F)F)C1CCN(Cc2ccccc2)C1. The Morgan fingerprint density at radius 2 is 2.05 bits per heavy atom. The zero-order chi connectivity index (χ0) is 15.5. The van der Waals surface area contributed by atoms with E-state index in [0.29, 0.717) is 6.54 Å². The van der Waals surface area contributed by atoms with Crippen LogP contribution in [0.2, 0.25) is 0 Å². The first-order valence-corrected chi connectivity index (χ1v) is 7.00. The van der Waals surface area contributed by atoms with Crippen LogP contribution in [-0.2, 0) is 11.3 Å². The van der Waals surface area contributed by atoms with Crippen LogP contribution in [-0.4, -0.2) is 36.1 Å². The molecule has 2 atom stereocenters. The van der Waals surface area contributed by atoms with E-state index in [1.54, 1.807) is 6.92 Å². The van der Waals surface area contributed by atoms with Gasteiger partial charge < -0.3 is 5.32 Å². The second-order valence-corrected chi connectivity index (χ2v) is 5.53. The first kappa shape index (κ1) is 15.8. The van der Waals surface area contributed by atoms with Crippen molar-refractivity contribution in [3.63, 3.8) is 0 Å². The lowest BCUT2D eigenvalue weighted by Gasteiger charge is -2.22. The minimum absolute atomic E-state index is 0.0556. The van der Waals surface area contributed by atoms with Gasteiger partial charge in [-0.2, -0.15) is 13.2 Å². The van der Waals surface area contributed by atoms with Crippen molar-refractivity contribution in [2.24, 2.45) is 5.92 Å². The molecule has 1 saturated heterocycles. The van der Waals surface area contributed by atoms with E-state index in [2.05, 4.69) is 10.2 Å². The predicted octanol–water partition coefficient (Wildman–Crippen LogP) is 2.58. The highest BCUT2D eigenvalue weighted by Crippen LogP contribution is 2.23. The minimum atomic E-state index is -4.81. The van der Waals surface area contributed by atoms with Crippen LogP contribution in [0.25, 0.3) is 0 Å². The highest BCUT2D eigenvalue weighted by molar-refractivity contribution is 5.81. The highest BCUT2D eigenvalue weighted by Gasteiger charge is 2.40. The van der Waals surface area contributed by atoms with Crippen LogP contribution in [0.1, 0.15) is 18.9 Å². The number of hydrogen-bond donors (Lipinski definition) is 1. The van der Waals surface area contributed by atoms with Crippen LogP contribution in [0.3, 0.4) is 0 Å². The van der Waals surface area contributed by atoms with Gasteiger partial charge in [-0.15, -0.1) is 0 Å². The Morgan fingerprint density at radius 3 is 2.67 bits per heavy atom. The number of nitrogens with zero attached hydrogens (tertiary/aromatic N) is 1. The van der Waals surface area contributed by atoms with Crippen LogP contribution >= 0.6 is 0 Å². The summed E-state index contributed by atoms with van der Waals surface area (Å²) >= 11 is 0. The normalized spacial score (nSPS) is 21.2. The van der Waals surface area contributed by atoms with Crippen LogP contribution in [0.15, 0.2) is 30.3 Å². The van der Waals surface area contributed by atoms with E-state index in [9.17, 15) is 18.0 Å². The van der Waals surface area contributed by atoms with E-state index < -0.39 is 18.1 Å². The topological polar surface area (TPSA) is 32.3 Å². The van der Waals surface area contributed by atoms with Crippen molar-refractivity contribution in [3.05, 3.63) is 35.9 Å². The van der Waals surface area contributed by atoms with Gasteiger partial charge in [0.2, 0.25) is 0 Å². The molecule has 1 N–H and O–H groups in total. The number of amides is 1. The average Bonchev–Trinajstić information content (AvgIpc) is 2.87. The molecule has 1 aliphatic heterocycles. The van der Waals surface area contributed by atoms with Crippen molar-refractivity contribution in [2.75, 3.05) is 13.1 Å². The fraction of sp³-hybridized carbons (Fsp3) is 0.533. The number of hydrogen-bond acceptors (Lipinski definition) is 2. The Balaban J connectivity index is 1.83. The summed E-state index contributed by atoms with van der Waals surface area (Å²) < 4.78 is 36.7. The molecule has 0 aromatic heterocycles. The monoisotopic (exact) mass is 300 g/mol. The maximum Gasteiger partial charge on any atom is 0.471 e. The number of carbonyl (C=O) groups is 1. The molecule has 1 fully saturated rings. The van der Waals surface area contributed by atoms with Crippen molar-refractivity contribution >= 4 is 5.91 Å². The molecule has 116 valence electrons. The molecular formula is C15H19F3N2O. The number of benzene rings is 1. The van der Waals surface area contributed by atoms with Crippen molar-refractivity contribution in [1.29, 1.82) is 0 Å². The number of likely N-dealkylation sites (tertiary alicyclic amines) is 1. The zero-order valence-electron chi connectivity index (χ0n) is 11.9. The Bertz CT molecular complexity index is 476. The summed E-state index contributed by atoms with van der Waals surface area (Å²) in [4.78, 5) is 13.2. The third kappa shape index (κ3) is 4.46. The summed E-state index contributed by atoms with van der Waals surface area (Å²) in [5.41, 5.74) is 1.19. The smallest absolute Gasteiger partial charge is 0.345 e. The van der Waals surface area contributed by atoms with E-state index >= 15 is 0 Å². The van der Waals surface area contributed by atoms with Gasteiger partial charge in [0, 0.05) is 19.1 Å². The quantitative estimate of drug-likeness (QED) is 0.927. The summed E-state index contributed by atoms with van der Waals surface area (Å²) in [6.45, 7) is 3.97. The molecule has 1 aromatic rings. The molecule has 1 heterocycles. The van der Waals surface area contributed by atoms with Crippen LogP contribution in [0, 0.1) is 5.92 Å². The second-order valence-electron chi connectivity index (χ2n) is 5.53. The van der Waals surface area contributed by atoms with Gasteiger partial charge in [0.1, 0.15) is 0 Å². The Hall–Kier alpha value is -1.56. The molecule has 6 heteroatoms. The summed E-state index contributed by atoms with van der Waals surface area (Å²) in [6.07, 6.45) is -4.01. The van der Waals surface area contributed by atoms with Gasteiger partial charge in [-0.3, -0.25) is 9.69 Å². The minimum Gasteiger partial charge on any atom is -0.345 e. The molecule has 1 aromatic carbocycles. The van der Waals surface area contributed by atoms with Crippen molar-refractivity contribution in [3.8, 4) is 0 Å². The first-order valence-electron chi connectivity index (χ1n) is 7.00. The van der Waals surface area contributed by atoms with Gasteiger partial charge in [-0.05, 0) is 31.4 Å². The third-order valence-electron chi connectivity index (χ3n) is 3.88. The molecule has 0 bridgehead atoms. The standard InChI is InChI=1S/C15H19F3N2O/c1-11(19-14(21)15(16,17)18)13-7-8-20(10-13)9-12-5-3-2-4-6-12/h2-6,11,13H,7-10H2,1H3,(H,19,21). The summed E-state index contributed by atoms with van der Waals surface area (Å²) in [5, 5.41) is 2.06. The molecular weight excluding hydrogens is 281 g/mol. The number of alkyl halides is 3. The molecule has 0 aliphatic carbocycles. The lowest BCUT2D eigenvalue weighted by molar-refractivity contribution is -0.174. The van der Waals surface area contributed by atoms with Gasteiger partial charge >= 0.3 is 12.1 Å². The fourth-order valence-corrected chi connectivity index (χ4v) is 2.66. The van der Waals surface area contributed by atoms with Crippen LogP contribution in [0.5, 0.6) is 0 Å². The van der Waals surface area contributed by atoms with Gasteiger partial charge in [-0.25, -0.2) is 0 Å². The van der Waals surface area contributed by atoms with Crippen molar-refractivity contribution in [1.82, 2.24) is 10.2 Å². The largest absolute Gasteiger partial charge is 0.471 e. The van der Waals surface area contributed by atoms with E-state index in [-0.39, 0.29) is 5.92 Å². The molecule has 0 saturated carbocycles. The fourth-order valence-electron chi connectivity index (χ4n) is 2.66. The van der Waals surface area contributed by atoms with Crippen molar-refractivity contribution in [2.45, 2.75) is 32.1 Å².